The summed E-state index contributed by atoms with van der Waals surface area (Å²) in [6.07, 6.45) is 3.17. The van der Waals surface area contributed by atoms with E-state index in [9.17, 15) is 14.4 Å². The van der Waals surface area contributed by atoms with E-state index in [2.05, 4.69) is 15.4 Å². The summed E-state index contributed by atoms with van der Waals surface area (Å²) in [5.41, 5.74) is 1.86. The van der Waals surface area contributed by atoms with Gasteiger partial charge in [0.2, 0.25) is 5.91 Å². The highest BCUT2D eigenvalue weighted by Gasteiger charge is 2.09. The number of amides is 2. The van der Waals surface area contributed by atoms with Crippen LogP contribution in [0.25, 0.3) is 16.5 Å². The molecule has 2 aromatic carbocycles. The fourth-order valence-corrected chi connectivity index (χ4v) is 3.87. The van der Waals surface area contributed by atoms with Crippen LogP contribution in [0.1, 0.15) is 15.2 Å². The molecule has 0 saturated heterocycles. The molecule has 0 radical (unpaired) electrons. The van der Waals surface area contributed by atoms with Crippen LogP contribution in [-0.4, -0.2) is 31.4 Å². The first kappa shape index (κ1) is 22.3. The van der Waals surface area contributed by atoms with Crippen molar-refractivity contribution < 1.29 is 19.1 Å². The van der Waals surface area contributed by atoms with Crippen molar-refractivity contribution in [2.45, 2.75) is 0 Å². The van der Waals surface area contributed by atoms with Crippen molar-refractivity contribution in [1.82, 2.24) is 5.32 Å². The SMILES string of the molecule is COC(=O)CNC(=O)c1ccc(NC(=O)/C=C/c2ccc(-c3ccccc3Cl)s2)cc1. The van der Waals surface area contributed by atoms with Gasteiger partial charge in [0.1, 0.15) is 6.54 Å². The minimum Gasteiger partial charge on any atom is -0.468 e. The van der Waals surface area contributed by atoms with Gasteiger partial charge in [-0.25, -0.2) is 0 Å². The largest absolute Gasteiger partial charge is 0.468 e. The van der Waals surface area contributed by atoms with E-state index in [-0.39, 0.29) is 12.5 Å². The molecule has 0 unspecified atom stereocenters. The second-order valence-electron chi connectivity index (χ2n) is 6.34. The number of methoxy groups -OCH3 is 1. The smallest absolute Gasteiger partial charge is 0.325 e. The molecule has 3 aromatic rings. The van der Waals surface area contributed by atoms with Gasteiger partial charge < -0.3 is 15.4 Å². The van der Waals surface area contributed by atoms with Crippen LogP contribution in [0.2, 0.25) is 5.02 Å². The highest BCUT2D eigenvalue weighted by Crippen LogP contribution is 2.33. The Labute approximate surface area is 188 Å². The number of hydrogen-bond acceptors (Lipinski definition) is 5. The Hall–Kier alpha value is -3.42. The van der Waals surface area contributed by atoms with Gasteiger partial charge in [-0.15, -0.1) is 11.3 Å². The molecule has 0 bridgehead atoms. The van der Waals surface area contributed by atoms with E-state index < -0.39 is 11.9 Å². The molecule has 2 N–H and O–H groups in total. The number of esters is 1. The Morgan fingerprint density at radius 2 is 1.77 bits per heavy atom. The molecule has 158 valence electrons. The molecule has 8 heteroatoms. The lowest BCUT2D eigenvalue weighted by atomic mass is 10.2. The summed E-state index contributed by atoms with van der Waals surface area (Å²) in [7, 11) is 1.25. The molecule has 0 aliphatic carbocycles. The van der Waals surface area contributed by atoms with E-state index in [1.165, 1.54) is 24.5 Å². The maximum Gasteiger partial charge on any atom is 0.325 e. The number of carbonyl (C=O) groups is 3. The van der Waals surface area contributed by atoms with Gasteiger partial charge in [-0.1, -0.05) is 29.8 Å². The van der Waals surface area contributed by atoms with Crippen LogP contribution in [0, 0.1) is 0 Å². The normalized spacial score (nSPS) is 10.6. The summed E-state index contributed by atoms with van der Waals surface area (Å²) in [6.45, 7) is -0.209. The average Bonchev–Trinajstić information content (AvgIpc) is 3.25. The first-order valence-corrected chi connectivity index (χ1v) is 10.4. The van der Waals surface area contributed by atoms with Crippen LogP contribution in [0.4, 0.5) is 5.69 Å². The second-order valence-corrected chi connectivity index (χ2v) is 7.86. The van der Waals surface area contributed by atoms with Crippen LogP contribution in [0.5, 0.6) is 0 Å². The molecule has 1 heterocycles. The third-order valence-corrected chi connectivity index (χ3v) is 5.61. The van der Waals surface area contributed by atoms with Gasteiger partial charge in [0.25, 0.3) is 5.91 Å². The van der Waals surface area contributed by atoms with Gasteiger partial charge in [-0.2, -0.15) is 0 Å². The van der Waals surface area contributed by atoms with E-state index in [1.807, 2.05) is 36.4 Å². The minimum absolute atomic E-state index is 0.209. The highest BCUT2D eigenvalue weighted by molar-refractivity contribution is 7.16. The summed E-state index contributed by atoms with van der Waals surface area (Å²) in [5.74, 6) is -1.24. The average molecular weight is 455 g/mol. The monoisotopic (exact) mass is 454 g/mol. The quantitative estimate of drug-likeness (QED) is 0.403. The van der Waals surface area contributed by atoms with Crippen molar-refractivity contribution in [3.63, 3.8) is 0 Å². The molecule has 0 fully saturated rings. The zero-order valence-electron chi connectivity index (χ0n) is 16.6. The summed E-state index contributed by atoms with van der Waals surface area (Å²) < 4.78 is 4.47. The van der Waals surface area contributed by atoms with E-state index in [4.69, 9.17) is 11.6 Å². The predicted octanol–water partition coefficient (Wildman–Crippen LogP) is 4.62. The number of rotatable bonds is 7. The number of carbonyl (C=O) groups excluding carboxylic acids is 3. The van der Waals surface area contributed by atoms with Gasteiger partial charge in [-0.3, -0.25) is 14.4 Å². The van der Waals surface area contributed by atoms with E-state index in [0.29, 0.717) is 16.3 Å². The first-order chi connectivity index (χ1) is 15.0. The third kappa shape index (κ3) is 6.28. The summed E-state index contributed by atoms with van der Waals surface area (Å²) in [4.78, 5) is 37.2. The Kier molecular flexibility index (Phi) is 7.59. The maximum atomic E-state index is 12.2. The minimum atomic E-state index is -0.534. The van der Waals surface area contributed by atoms with Crippen molar-refractivity contribution in [2.24, 2.45) is 0 Å². The molecule has 0 aliphatic rings. The summed E-state index contributed by atoms with van der Waals surface area (Å²) >= 11 is 7.77. The Morgan fingerprint density at radius 1 is 1.03 bits per heavy atom. The number of ether oxygens (including phenoxy) is 1. The molecule has 31 heavy (non-hydrogen) atoms. The fourth-order valence-electron chi connectivity index (χ4n) is 2.62. The lowest BCUT2D eigenvalue weighted by molar-refractivity contribution is -0.139. The standard InChI is InChI=1S/C23H19ClN2O4S/c1-30-22(28)14-25-23(29)15-6-8-16(9-7-15)26-21(27)13-11-17-10-12-20(31-17)18-4-2-3-5-19(18)24/h2-13H,14H2,1H3,(H,25,29)(H,26,27)/b13-11+. The highest BCUT2D eigenvalue weighted by atomic mass is 35.5. The number of benzene rings is 2. The van der Waals surface area contributed by atoms with Gasteiger partial charge in [-0.05, 0) is 48.5 Å². The van der Waals surface area contributed by atoms with Crippen LogP contribution in [-0.2, 0) is 14.3 Å². The van der Waals surface area contributed by atoms with Gasteiger partial charge >= 0.3 is 5.97 Å². The lowest BCUT2D eigenvalue weighted by Gasteiger charge is -2.06. The number of halogens is 1. The maximum absolute atomic E-state index is 12.2. The van der Waals surface area contributed by atoms with E-state index in [1.54, 1.807) is 30.3 Å². The van der Waals surface area contributed by atoms with Crippen LogP contribution in [0.3, 0.4) is 0 Å². The molecule has 1 aromatic heterocycles. The fraction of sp³-hybridized carbons (Fsp3) is 0.0870. The Bertz CT molecular complexity index is 1120. The third-order valence-electron chi connectivity index (χ3n) is 4.20. The van der Waals surface area contributed by atoms with Crippen molar-refractivity contribution in [3.8, 4) is 10.4 Å². The molecule has 3 rings (SSSR count). The zero-order chi connectivity index (χ0) is 22.2. The summed E-state index contributed by atoms with van der Waals surface area (Å²) in [6, 6.07) is 17.8. The Morgan fingerprint density at radius 3 is 2.48 bits per heavy atom. The molecule has 2 amide bonds. The van der Waals surface area contributed by atoms with Crippen molar-refractivity contribution in [2.75, 3.05) is 19.0 Å². The molecule has 0 aliphatic heterocycles. The van der Waals surface area contributed by atoms with Crippen LogP contribution in [0.15, 0.2) is 66.7 Å². The molecule has 6 nitrogen and oxygen atoms in total. The first-order valence-electron chi connectivity index (χ1n) is 9.25. The van der Waals surface area contributed by atoms with Crippen LogP contribution < -0.4 is 10.6 Å². The Balaban J connectivity index is 1.56. The van der Waals surface area contributed by atoms with E-state index >= 15 is 0 Å². The van der Waals surface area contributed by atoms with Crippen molar-refractivity contribution >= 4 is 52.5 Å². The van der Waals surface area contributed by atoms with Gasteiger partial charge in [0, 0.05) is 37.7 Å². The van der Waals surface area contributed by atoms with E-state index in [0.717, 1.165) is 15.3 Å². The molecular formula is C23H19ClN2O4S. The predicted molar refractivity (Wildman–Crippen MR) is 123 cm³/mol. The van der Waals surface area contributed by atoms with Gasteiger partial charge in [0.15, 0.2) is 0 Å². The molecular weight excluding hydrogens is 436 g/mol. The zero-order valence-corrected chi connectivity index (χ0v) is 18.1. The van der Waals surface area contributed by atoms with Crippen molar-refractivity contribution in [3.05, 3.63) is 82.2 Å². The summed E-state index contributed by atoms with van der Waals surface area (Å²) in [5, 5.41) is 5.86. The molecule has 0 spiro atoms. The van der Waals surface area contributed by atoms with Crippen molar-refractivity contribution in [1.29, 1.82) is 0 Å². The van der Waals surface area contributed by atoms with Crippen LogP contribution >= 0.6 is 22.9 Å². The molecule has 0 saturated carbocycles. The number of thiophene rings is 1. The number of hydrogen-bond donors (Lipinski definition) is 2. The number of anilines is 1. The second kappa shape index (κ2) is 10.6. The number of nitrogens with one attached hydrogen (secondary N) is 2. The van der Waals surface area contributed by atoms with Gasteiger partial charge in [0.05, 0.1) is 7.11 Å². The topological polar surface area (TPSA) is 84.5 Å². The molecule has 0 atom stereocenters. The lowest BCUT2D eigenvalue weighted by Crippen LogP contribution is -2.30.